The van der Waals surface area contributed by atoms with Gasteiger partial charge in [0.2, 0.25) is 0 Å². The van der Waals surface area contributed by atoms with Gasteiger partial charge in [-0.05, 0) is 49.9 Å². The smallest absolute Gasteiger partial charge is 0.181 e. The van der Waals surface area contributed by atoms with Crippen LogP contribution in [0.5, 0.6) is 0 Å². The lowest BCUT2D eigenvalue weighted by Gasteiger charge is -2.37. The second-order valence-electron chi connectivity index (χ2n) is 5.85. The van der Waals surface area contributed by atoms with Crippen LogP contribution in [0.15, 0.2) is 29.2 Å². The quantitative estimate of drug-likeness (QED) is 0.788. The highest BCUT2D eigenvalue weighted by molar-refractivity contribution is 7.92. The van der Waals surface area contributed by atoms with Crippen LogP contribution in [0.1, 0.15) is 38.5 Å². The Bertz CT molecular complexity index is 574. The van der Waals surface area contributed by atoms with Gasteiger partial charge in [0.05, 0.1) is 15.7 Å². The second-order valence-corrected chi connectivity index (χ2v) is 8.08. The summed E-state index contributed by atoms with van der Waals surface area (Å²) in [5.74, 6) is -0.414. The fourth-order valence-corrected chi connectivity index (χ4v) is 5.26. The van der Waals surface area contributed by atoms with Crippen LogP contribution in [-0.4, -0.2) is 25.9 Å². The van der Waals surface area contributed by atoms with Crippen molar-refractivity contribution in [3.63, 3.8) is 0 Å². The summed E-state index contributed by atoms with van der Waals surface area (Å²) in [4.78, 5) is 0.221. The SMILES string of the molecule is O=S(=O)(c1ccc(F)cc1)C1CCOC2(CCCC2)C1. The highest BCUT2D eigenvalue weighted by Crippen LogP contribution is 2.42. The lowest BCUT2D eigenvalue weighted by molar-refractivity contribution is -0.0713. The van der Waals surface area contributed by atoms with E-state index in [1.807, 2.05) is 0 Å². The molecule has 110 valence electrons. The van der Waals surface area contributed by atoms with Crippen LogP contribution in [0, 0.1) is 5.82 Å². The van der Waals surface area contributed by atoms with Gasteiger partial charge >= 0.3 is 0 Å². The van der Waals surface area contributed by atoms with Gasteiger partial charge in [0, 0.05) is 6.61 Å². The Morgan fingerprint density at radius 3 is 2.45 bits per heavy atom. The number of hydrogen-bond acceptors (Lipinski definition) is 3. The van der Waals surface area contributed by atoms with Gasteiger partial charge in [-0.25, -0.2) is 12.8 Å². The molecule has 1 aromatic carbocycles. The van der Waals surface area contributed by atoms with Crippen molar-refractivity contribution in [2.75, 3.05) is 6.61 Å². The highest BCUT2D eigenvalue weighted by atomic mass is 32.2. The lowest BCUT2D eigenvalue weighted by atomic mass is 9.92. The van der Waals surface area contributed by atoms with E-state index in [4.69, 9.17) is 4.74 Å². The highest BCUT2D eigenvalue weighted by Gasteiger charge is 2.44. The fraction of sp³-hybridized carbons (Fsp3) is 0.600. The van der Waals surface area contributed by atoms with E-state index in [2.05, 4.69) is 0 Å². The fourth-order valence-electron chi connectivity index (χ4n) is 3.43. The molecule has 1 unspecified atom stereocenters. The molecule has 1 atom stereocenters. The molecule has 1 saturated heterocycles. The zero-order valence-electron chi connectivity index (χ0n) is 11.3. The van der Waals surface area contributed by atoms with Crippen molar-refractivity contribution in [1.29, 1.82) is 0 Å². The predicted octanol–water partition coefficient (Wildman–Crippen LogP) is 3.09. The molecular formula is C15H19FO3S. The first-order valence-electron chi connectivity index (χ1n) is 7.15. The summed E-state index contributed by atoms with van der Waals surface area (Å²) >= 11 is 0. The first-order valence-corrected chi connectivity index (χ1v) is 8.70. The summed E-state index contributed by atoms with van der Waals surface area (Å²) < 4.78 is 44.1. The molecule has 0 radical (unpaired) electrons. The molecular weight excluding hydrogens is 279 g/mol. The summed E-state index contributed by atoms with van der Waals surface area (Å²) in [7, 11) is -3.39. The maximum atomic E-state index is 12.9. The minimum Gasteiger partial charge on any atom is -0.375 e. The van der Waals surface area contributed by atoms with Crippen molar-refractivity contribution < 1.29 is 17.5 Å². The lowest BCUT2D eigenvalue weighted by Crippen LogP contribution is -2.42. The van der Waals surface area contributed by atoms with Gasteiger partial charge in [-0.3, -0.25) is 0 Å². The zero-order chi connectivity index (χ0) is 14.2. The predicted molar refractivity (Wildman–Crippen MR) is 73.8 cm³/mol. The summed E-state index contributed by atoms with van der Waals surface area (Å²) in [6.45, 7) is 0.505. The minimum atomic E-state index is -3.39. The molecule has 0 bridgehead atoms. The van der Waals surface area contributed by atoms with Crippen LogP contribution in [0.2, 0.25) is 0 Å². The van der Waals surface area contributed by atoms with Crippen molar-refractivity contribution >= 4 is 9.84 Å². The van der Waals surface area contributed by atoms with Gasteiger partial charge in [0.15, 0.2) is 9.84 Å². The van der Waals surface area contributed by atoms with Crippen LogP contribution in [0.3, 0.4) is 0 Å². The molecule has 0 amide bonds. The first kappa shape index (κ1) is 14.0. The van der Waals surface area contributed by atoms with Crippen molar-refractivity contribution in [1.82, 2.24) is 0 Å². The second kappa shape index (κ2) is 5.11. The number of sulfone groups is 1. The van der Waals surface area contributed by atoms with Gasteiger partial charge in [0.25, 0.3) is 0 Å². The average Bonchev–Trinajstić information content (AvgIpc) is 2.87. The van der Waals surface area contributed by atoms with Gasteiger partial charge in [-0.2, -0.15) is 0 Å². The molecule has 1 spiro atoms. The molecule has 3 nitrogen and oxygen atoms in total. The van der Waals surface area contributed by atoms with E-state index >= 15 is 0 Å². The van der Waals surface area contributed by atoms with Gasteiger partial charge < -0.3 is 4.74 Å². The Morgan fingerprint density at radius 1 is 1.15 bits per heavy atom. The topological polar surface area (TPSA) is 43.4 Å². The maximum Gasteiger partial charge on any atom is 0.181 e. The molecule has 20 heavy (non-hydrogen) atoms. The maximum absolute atomic E-state index is 12.9. The summed E-state index contributed by atoms with van der Waals surface area (Å²) in [5.41, 5.74) is -0.226. The van der Waals surface area contributed by atoms with E-state index < -0.39 is 20.9 Å². The summed E-state index contributed by atoms with van der Waals surface area (Å²) in [6.07, 6.45) is 5.26. The van der Waals surface area contributed by atoms with Crippen LogP contribution < -0.4 is 0 Å². The van der Waals surface area contributed by atoms with Gasteiger partial charge in [0.1, 0.15) is 5.82 Å². The van der Waals surface area contributed by atoms with E-state index in [0.29, 0.717) is 19.4 Å². The minimum absolute atomic E-state index is 0.221. The van der Waals surface area contributed by atoms with Crippen LogP contribution in [0.4, 0.5) is 4.39 Å². The third-order valence-corrected chi connectivity index (χ3v) is 6.75. The molecule has 1 aliphatic heterocycles. The van der Waals surface area contributed by atoms with E-state index in [9.17, 15) is 12.8 Å². The van der Waals surface area contributed by atoms with Gasteiger partial charge in [-0.1, -0.05) is 12.8 Å². The van der Waals surface area contributed by atoms with E-state index in [-0.39, 0.29) is 10.5 Å². The number of ether oxygens (including phenoxy) is 1. The van der Waals surface area contributed by atoms with Crippen LogP contribution >= 0.6 is 0 Å². The normalized spacial score (nSPS) is 25.9. The Labute approximate surface area is 119 Å². The van der Waals surface area contributed by atoms with E-state index in [0.717, 1.165) is 25.7 Å². The molecule has 2 aliphatic rings. The van der Waals surface area contributed by atoms with Crippen molar-refractivity contribution in [2.24, 2.45) is 0 Å². The Hall–Kier alpha value is -0.940. The largest absolute Gasteiger partial charge is 0.375 e. The van der Waals surface area contributed by atoms with Crippen molar-refractivity contribution in [3.05, 3.63) is 30.1 Å². The van der Waals surface area contributed by atoms with Crippen molar-refractivity contribution in [2.45, 2.75) is 54.3 Å². The summed E-state index contributed by atoms with van der Waals surface area (Å²) in [5, 5.41) is -0.403. The number of halogens is 1. The van der Waals surface area contributed by atoms with Crippen LogP contribution in [-0.2, 0) is 14.6 Å². The molecule has 5 heteroatoms. The monoisotopic (exact) mass is 298 g/mol. The molecule has 1 aliphatic carbocycles. The average molecular weight is 298 g/mol. The zero-order valence-corrected chi connectivity index (χ0v) is 12.2. The van der Waals surface area contributed by atoms with Crippen molar-refractivity contribution in [3.8, 4) is 0 Å². The van der Waals surface area contributed by atoms with Gasteiger partial charge in [-0.15, -0.1) is 0 Å². The Kier molecular flexibility index (Phi) is 3.58. The van der Waals surface area contributed by atoms with Crippen LogP contribution in [0.25, 0.3) is 0 Å². The molecule has 1 saturated carbocycles. The Balaban J connectivity index is 1.85. The number of benzene rings is 1. The molecule has 3 rings (SSSR count). The van der Waals surface area contributed by atoms with E-state index in [1.54, 1.807) is 0 Å². The third kappa shape index (κ3) is 2.49. The molecule has 2 fully saturated rings. The summed E-state index contributed by atoms with van der Waals surface area (Å²) in [6, 6.07) is 5.14. The van der Waals surface area contributed by atoms with E-state index in [1.165, 1.54) is 24.3 Å². The number of hydrogen-bond donors (Lipinski definition) is 0. The number of rotatable bonds is 2. The molecule has 0 aromatic heterocycles. The standard InChI is InChI=1S/C15H19FO3S/c16-12-3-5-13(6-4-12)20(17,18)14-7-10-19-15(11-14)8-1-2-9-15/h3-6,14H,1-2,7-11H2. The molecule has 1 aromatic rings. The Morgan fingerprint density at radius 2 is 1.80 bits per heavy atom. The first-order chi connectivity index (χ1) is 9.52. The third-order valence-electron chi connectivity index (χ3n) is 4.54. The molecule has 0 N–H and O–H groups in total. The molecule has 1 heterocycles.